The van der Waals surface area contributed by atoms with Crippen LogP contribution in [0.1, 0.15) is 36.8 Å². The third-order valence-corrected chi connectivity index (χ3v) is 3.46. The molecule has 0 radical (unpaired) electrons. The number of rotatable bonds is 7. The van der Waals surface area contributed by atoms with Crippen LogP contribution in [0.4, 0.5) is 5.69 Å². The van der Waals surface area contributed by atoms with Crippen molar-refractivity contribution in [3.05, 3.63) is 46.5 Å². The highest BCUT2D eigenvalue weighted by Crippen LogP contribution is 2.17. The molecule has 0 unspecified atom stereocenters. The van der Waals surface area contributed by atoms with Gasteiger partial charge in [0.1, 0.15) is 5.82 Å². The third-order valence-electron chi connectivity index (χ3n) is 3.15. The van der Waals surface area contributed by atoms with Crippen molar-refractivity contribution in [2.24, 2.45) is 0 Å². The second-order valence-electron chi connectivity index (χ2n) is 4.77. The number of hydrogen-bond acceptors (Lipinski definition) is 3. The molecule has 2 aromatic rings. The van der Waals surface area contributed by atoms with E-state index in [2.05, 4.69) is 22.2 Å². The molecule has 2 rings (SSSR count). The molecule has 4 nitrogen and oxygen atoms in total. The zero-order chi connectivity index (χ0) is 14.4. The molecule has 0 atom stereocenters. The number of aliphatic hydroxyl groups is 1. The summed E-state index contributed by atoms with van der Waals surface area (Å²) < 4.78 is 0. The second-order valence-corrected chi connectivity index (χ2v) is 5.12. The van der Waals surface area contributed by atoms with E-state index in [-0.39, 0.29) is 6.61 Å². The predicted molar refractivity (Wildman–Crippen MR) is 81.9 cm³/mol. The van der Waals surface area contributed by atoms with E-state index < -0.39 is 0 Å². The van der Waals surface area contributed by atoms with E-state index in [0.29, 0.717) is 11.7 Å². The number of aryl methyl sites for hydroxylation is 1. The normalized spacial score (nSPS) is 10.8. The number of aliphatic hydroxyl groups excluding tert-OH is 1. The molecule has 1 aromatic heterocycles. The summed E-state index contributed by atoms with van der Waals surface area (Å²) in [5.74, 6) is 0.948. The van der Waals surface area contributed by atoms with E-state index in [9.17, 15) is 0 Å². The summed E-state index contributed by atoms with van der Waals surface area (Å²) in [4.78, 5) is 7.59. The minimum Gasteiger partial charge on any atom is -0.392 e. The minimum atomic E-state index is 0.0629. The van der Waals surface area contributed by atoms with Crippen LogP contribution in [0.3, 0.4) is 0 Å². The molecule has 1 aromatic carbocycles. The summed E-state index contributed by atoms with van der Waals surface area (Å²) in [5.41, 5.74) is 2.80. The molecule has 0 aliphatic carbocycles. The van der Waals surface area contributed by atoms with Gasteiger partial charge in [0.25, 0.3) is 0 Å². The Labute approximate surface area is 124 Å². The lowest BCUT2D eigenvalue weighted by Gasteiger charge is -2.06. The summed E-state index contributed by atoms with van der Waals surface area (Å²) >= 11 is 6.12. The van der Waals surface area contributed by atoms with E-state index >= 15 is 0 Å². The fraction of sp³-hybridized carbons (Fsp3) is 0.400. The van der Waals surface area contributed by atoms with Gasteiger partial charge in [0.15, 0.2) is 5.15 Å². The molecule has 5 heteroatoms. The number of unbranched alkanes of at least 4 members (excludes halogenated alkanes) is 1. The van der Waals surface area contributed by atoms with Crippen LogP contribution in [0.2, 0.25) is 5.15 Å². The number of benzene rings is 1. The number of imidazole rings is 1. The molecule has 0 fully saturated rings. The number of anilines is 1. The van der Waals surface area contributed by atoms with Gasteiger partial charge in [0.2, 0.25) is 0 Å². The van der Waals surface area contributed by atoms with Crippen molar-refractivity contribution in [2.45, 2.75) is 39.3 Å². The largest absolute Gasteiger partial charge is 0.392 e. The van der Waals surface area contributed by atoms with Crippen LogP contribution < -0.4 is 5.32 Å². The predicted octanol–water partition coefficient (Wildman–Crippen LogP) is 3.51. The topological polar surface area (TPSA) is 60.9 Å². The van der Waals surface area contributed by atoms with Gasteiger partial charge in [-0.25, -0.2) is 4.98 Å². The van der Waals surface area contributed by atoms with E-state index in [4.69, 9.17) is 16.7 Å². The van der Waals surface area contributed by atoms with Crippen LogP contribution in [0.5, 0.6) is 0 Å². The first kappa shape index (κ1) is 14.9. The van der Waals surface area contributed by atoms with Crippen molar-refractivity contribution in [2.75, 3.05) is 5.32 Å². The first-order valence-corrected chi connectivity index (χ1v) is 7.27. The Bertz CT molecular complexity index is 537. The van der Waals surface area contributed by atoms with Crippen molar-refractivity contribution in [3.8, 4) is 0 Å². The highest BCUT2D eigenvalue weighted by Gasteiger charge is 2.07. The fourth-order valence-corrected chi connectivity index (χ4v) is 2.15. The maximum Gasteiger partial charge on any atom is 0.152 e. The average molecular weight is 294 g/mol. The van der Waals surface area contributed by atoms with Gasteiger partial charge in [-0.05, 0) is 24.1 Å². The summed E-state index contributed by atoms with van der Waals surface area (Å²) in [6.07, 6.45) is 3.18. The lowest BCUT2D eigenvalue weighted by atomic mass is 10.2. The van der Waals surface area contributed by atoms with Crippen LogP contribution >= 0.6 is 11.6 Å². The Kier molecular flexibility index (Phi) is 5.44. The van der Waals surface area contributed by atoms with E-state index in [1.807, 2.05) is 24.3 Å². The van der Waals surface area contributed by atoms with Crippen molar-refractivity contribution >= 4 is 17.3 Å². The summed E-state index contributed by atoms with van der Waals surface area (Å²) in [5, 5.41) is 12.8. The van der Waals surface area contributed by atoms with Crippen molar-refractivity contribution < 1.29 is 5.11 Å². The first-order chi connectivity index (χ1) is 9.72. The Hall–Kier alpha value is -1.52. The molecule has 0 aliphatic heterocycles. The summed E-state index contributed by atoms with van der Waals surface area (Å²) in [6.45, 7) is 2.83. The molecule has 0 spiro atoms. The van der Waals surface area contributed by atoms with E-state index in [1.54, 1.807) is 0 Å². The zero-order valence-corrected chi connectivity index (χ0v) is 12.4. The lowest BCUT2D eigenvalue weighted by molar-refractivity contribution is 0.282. The SMILES string of the molecule is CCCCc1nc(Cl)c(CNc2ccc(CO)cc2)[nH]1. The number of nitrogens with zero attached hydrogens (tertiary/aromatic N) is 1. The summed E-state index contributed by atoms with van der Waals surface area (Å²) in [6, 6.07) is 7.66. The monoisotopic (exact) mass is 293 g/mol. The average Bonchev–Trinajstić information content (AvgIpc) is 2.83. The minimum absolute atomic E-state index is 0.0629. The smallest absolute Gasteiger partial charge is 0.152 e. The zero-order valence-electron chi connectivity index (χ0n) is 11.6. The molecule has 20 heavy (non-hydrogen) atoms. The Morgan fingerprint density at radius 1 is 1.30 bits per heavy atom. The molecular formula is C15H20ClN3O. The molecule has 3 N–H and O–H groups in total. The summed E-state index contributed by atoms with van der Waals surface area (Å²) in [7, 11) is 0. The van der Waals surface area contributed by atoms with Gasteiger partial charge in [0.05, 0.1) is 18.8 Å². The van der Waals surface area contributed by atoms with Gasteiger partial charge in [-0.2, -0.15) is 0 Å². The van der Waals surface area contributed by atoms with Crippen LogP contribution in [0, 0.1) is 0 Å². The number of nitrogens with one attached hydrogen (secondary N) is 2. The van der Waals surface area contributed by atoms with Crippen LogP contribution in [0.15, 0.2) is 24.3 Å². The molecule has 1 heterocycles. The number of hydrogen-bond donors (Lipinski definition) is 3. The van der Waals surface area contributed by atoms with Crippen molar-refractivity contribution in [3.63, 3.8) is 0 Å². The van der Waals surface area contributed by atoms with Gasteiger partial charge in [-0.15, -0.1) is 0 Å². The van der Waals surface area contributed by atoms with Crippen LogP contribution in [0.25, 0.3) is 0 Å². The van der Waals surface area contributed by atoms with Crippen molar-refractivity contribution in [1.82, 2.24) is 9.97 Å². The van der Waals surface area contributed by atoms with Gasteiger partial charge in [-0.1, -0.05) is 37.1 Å². The molecular weight excluding hydrogens is 274 g/mol. The quantitative estimate of drug-likeness (QED) is 0.732. The van der Waals surface area contributed by atoms with Gasteiger partial charge < -0.3 is 15.4 Å². The van der Waals surface area contributed by atoms with Gasteiger partial charge >= 0.3 is 0 Å². The van der Waals surface area contributed by atoms with E-state index in [0.717, 1.165) is 42.0 Å². The Morgan fingerprint density at radius 2 is 2.05 bits per heavy atom. The maximum atomic E-state index is 9.00. The highest BCUT2D eigenvalue weighted by molar-refractivity contribution is 6.30. The number of H-pyrrole nitrogens is 1. The highest BCUT2D eigenvalue weighted by atomic mass is 35.5. The molecule has 0 saturated heterocycles. The lowest BCUT2D eigenvalue weighted by Crippen LogP contribution is -2.00. The number of halogens is 1. The molecule has 0 amide bonds. The van der Waals surface area contributed by atoms with E-state index in [1.165, 1.54) is 0 Å². The van der Waals surface area contributed by atoms with Gasteiger partial charge in [0, 0.05) is 12.1 Å². The Morgan fingerprint density at radius 3 is 2.70 bits per heavy atom. The number of aromatic amines is 1. The van der Waals surface area contributed by atoms with Crippen LogP contribution in [-0.4, -0.2) is 15.1 Å². The third kappa shape index (κ3) is 3.99. The molecule has 0 bridgehead atoms. The molecule has 0 aliphatic rings. The first-order valence-electron chi connectivity index (χ1n) is 6.90. The fourth-order valence-electron chi connectivity index (χ4n) is 1.94. The number of aromatic nitrogens is 2. The van der Waals surface area contributed by atoms with Crippen molar-refractivity contribution in [1.29, 1.82) is 0 Å². The molecule has 0 saturated carbocycles. The van der Waals surface area contributed by atoms with Gasteiger partial charge in [-0.3, -0.25) is 0 Å². The standard InChI is InChI=1S/C15H20ClN3O/c1-2-3-4-14-18-13(15(16)19-14)9-17-12-7-5-11(10-20)6-8-12/h5-8,17,20H,2-4,9-10H2,1H3,(H,18,19). The maximum absolute atomic E-state index is 9.00. The van der Waals surface area contributed by atoms with Crippen LogP contribution in [-0.2, 0) is 19.6 Å². The Balaban J connectivity index is 1.94. The second kappa shape index (κ2) is 7.31. The molecule has 108 valence electrons.